The minimum atomic E-state index is -2.17. The molecule has 120 valence electrons. The van der Waals surface area contributed by atoms with Gasteiger partial charge in [-0.3, -0.25) is 8.78 Å². The van der Waals surface area contributed by atoms with Gasteiger partial charge in [0, 0.05) is 0 Å². The van der Waals surface area contributed by atoms with E-state index in [1.165, 1.54) is 25.7 Å². The molecule has 1 fully saturated rings. The molecule has 0 aromatic heterocycles. The molecule has 0 saturated heterocycles. The van der Waals surface area contributed by atoms with E-state index in [-0.39, 0.29) is 0 Å². The first-order chi connectivity index (χ1) is 10.0. The van der Waals surface area contributed by atoms with Crippen LogP contribution in [-0.2, 0) is 18.8 Å². The monoisotopic (exact) mass is 505 g/mol. The standard InChI is InChI=1S/C8H12.C6F5.ClH.Pt/c1-2-4-6-8-7-5-3-1;7-2-1-3(8)5(10)6(11)4(2)9;;/h1-2,7-8H,3-6H2;;1H;/q;-1;;+2/p-1. The average molecular weight is 506 g/mol. The minimum absolute atomic E-state index is 1.02. The van der Waals surface area contributed by atoms with Crippen molar-refractivity contribution in [3.8, 4) is 0 Å². The fourth-order valence-corrected chi connectivity index (χ4v) is 1.35. The molecular formula is C14H12ClF5Pt. The first-order valence-electron chi connectivity index (χ1n) is 5.86. The summed E-state index contributed by atoms with van der Waals surface area (Å²) in [6, 6.07) is 1.02. The molecule has 1 aliphatic carbocycles. The molecule has 1 aromatic rings. The van der Waals surface area contributed by atoms with Crippen LogP contribution in [-0.4, -0.2) is 0 Å². The van der Waals surface area contributed by atoms with Crippen LogP contribution in [0.15, 0.2) is 0 Å². The molecule has 0 spiro atoms. The zero-order valence-corrected chi connectivity index (χ0v) is 13.7. The van der Waals surface area contributed by atoms with Gasteiger partial charge in [0.2, 0.25) is 0 Å². The molecular weight excluding hydrogens is 494 g/mol. The molecule has 0 N–H and O–H groups in total. The predicted octanol–water partition coefficient (Wildman–Crippen LogP) is 5.25. The summed E-state index contributed by atoms with van der Waals surface area (Å²) in [5.74, 6) is -10.0. The van der Waals surface area contributed by atoms with Gasteiger partial charge in [-0.1, -0.05) is 0 Å². The van der Waals surface area contributed by atoms with Gasteiger partial charge in [-0.2, -0.15) is 0 Å². The third-order valence-electron chi connectivity index (χ3n) is 2.32. The fraction of sp³-hybridized carbons (Fsp3) is 0.286. The molecule has 4 radical (unpaired) electrons. The van der Waals surface area contributed by atoms with E-state index in [4.69, 9.17) is 0 Å². The molecule has 2 rings (SSSR count). The summed E-state index contributed by atoms with van der Waals surface area (Å²) in [4.78, 5) is 0. The SMILES string of the molecule is Fc1[c-]c(F)c(F)c(F)c1F.[CH]1[CH]CC[CH][CH]CC1.[Cl][Pt+]. The summed E-state index contributed by atoms with van der Waals surface area (Å²) in [7, 11) is 4.61. The van der Waals surface area contributed by atoms with Crippen molar-refractivity contribution in [3.05, 3.63) is 60.8 Å². The van der Waals surface area contributed by atoms with Gasteiger partial charge >= 0.3 is 28.2 Å². The van der Waals surface area contributed by atoms with Gasteiger partial charge in [-0.05, 0) is 51.4 Å². The van der Waals surface area contributed by atoms with Crippen molar-refractivity contribution >= 4 is 9.42 Å². The first-order valence-corrected chi connectivity index (χ1v) is 8.68. The Kier molecular flexibility index (Phi) is 12.3. The van der Waals surface area contributed by atoms with E-state index in [0.717, 1.165) is 6.07 Å². The van der Waals surface area contributed by atoms with Crippen LogP contribution < -0.4 is 0 Å². The maximum absolute atomic E-state index is 12.0. The quantitative estimate of drug-likeness (QED) is 0.196. The van der Waals surface area contributed by atoms with E-state index in [0.29, 0.717) is 0 Å². The Balaban J connectivity index is 0.000000354. The Labute approximate surface area is 136 Å². The van der Waals surface area contributed by atoms with Crippen molar-refractivity contribution in [3.63, 3.8) is 0 Å². The van der Waals surface area contributed by atoms with E-state index in [1.807, 2.05) is 0 Å². The van der Waals surface area contributed by atoms with Crippen molar-refractivity contribution in [2.45, 2.75) is 25.7 Å². The average Bonchev–Trinajstić information content (AvgIpc) is 2.45. The number of rotatable bonds is 0. The third kappa shape index (κ3) is 8.15. The van der Waals surface area contributed by atoms with Crippen molar-refractivity contribution < 1.29 is 40.7 Å². The van der Waals surface area contributed by atoms with Crippen LogP contribution in [0.3, 0.4) is 0 Å². The molecule has 1 aliphatic rings. The summed E-state index contributed by atoms with van der Waals surface area (Å²) in [5, 5.41) is 0. The van der Waals surface area contributed by atoms with E-state index in [2.05, 4.69) is 35.1 Å². The molecule has 0 heterocycles. The van der Waals surface area contributed by atoms with Gasteiger partial charge in [0.25, 0.3) is 0 Å². The van der Waals surface area contributed by atoms with E-state index in [9.17, 15) is 22.0 Å². The topological polar surface area (TPSA) is 0 Å². The summed E-state index contributed by atoms with van der Waals surface area (Å²) in [5.41, 5.74) is 0. The molecule has 0 aliphatic heterocycles. The molecule has 7 heteroatoms. The summed E-state index contributed by atoms with van der Waals surface area (Å²) in [6.07, 6.45) is 14.0. The third-order valence-corrected chi connectivity index (χ3v) is 2.32. The Hall–Kier alpha value is -0.152. The van der Waals surface area contributed by atoms with Crippen LogP contribution in [0.25, 0.3) is 0 Å². The van der Waals surface area contributed by atoms with Gasteiger partial charge in [-0.25, -0.2) is 13.2 Å². The van der Waals surface area contributed by atoms with Crippen LogP contribution in [0.1, 0.15) is 25.7 Å². The van der Waals surface area contributed by atoms with Gasteiger partial charge in [-0.15, -0.1) is 6.07 Å². The van der Waals surface area contributed by atoms with Gasteiger partial charge in [0.15, 0.2) is 0 Å². The second kappa shape index (κ2) is 12.4. The molecule has 21 heavy (non-hydrogen) atoms. The summed E-state index contributed by atoms with van der Waals surface area (Å²) < 4.78 is 59.9. The molecule has 0 nitrogen and oxygen atoms in total. The zero-order chi connectivity index (χ0) is 16.3. The van der Waals surface area contributed by atoms with Crippen LogP contribution in [0.2, 0.25) is 0 Å². The van der Waals surface area contributed by atoms with E-state index < -0.39 is 29.1 Å². The van der Waals surface area contributed by atoms with Crippen molar-refractivity contribution in [1.82, 2.24) is 0 Å². The predicted molar refractivity (Wildman–Crippen MR) is 66.6 cm³/mol. The van der Waals surface area contributed by atoms with E-state index in [1.54, 1.807) is 18.8 Å². The molecule has 0 unspecified atom stereocenters. The second-order valence-corrected chi connectivity index (χ2v) is 3.79. The second-order valence-electron chi connectivity index (χ2n) is 3.79. The molecule has 1 aromatic carbocycles. The Morgan fingerprint density at radius 3 is 1.24 bits per heavy atom. The zero-order valence-electron chi connectivity index (χ0n) is 10.7. The molecule has 1 saturated carbocycles. The van der Waals surface area contributed by atoms with Crippen molar-refractivity contribution in [2.75, 3.05) is 0 Å². The van der Waals surface area contributed by atoms with Gasteiger partial charge in [0.1, 0.15) is 0 Å². The number of halogens is 6. The number of hydrogen-bond donors (Lipinski definition) is 0. The summed E-state index contributed by atoms with van der Waals surface area (Å²) >= 11 is 1.61. The van der Waals surface area contributed by atoms with Crippen LogP contribution >= 0.6 is 9.42 Å². The number of benzene rings is 1. The first kappa shape index (κ1) is 20.8. The van der Waals surface area contributed by atoms with Gasteiger partial charge < -0.3 is 0 Å². The van der Waals surface area contributed by atoms with Crippen molar-refractivity contribution in [2.24, 2.45) is 0 Å². The Morgan fingerprint density at radius 1 is 0.667 bits per heavy atom. The maximum atomic E-state index is 12.0. The normalized spacial score (nSPS) is 14.9. The number of hydrogen-bond acceptors (Lipinski definition) is 0. The Morgan fingerprint density at radius 2 is 0.952 bits per heavy atom. The molecule has 0 amide bonds. The Bertz CT molecular complexity index is 365. The summed E-state index contributed by atoms with van der Waals surface area (Å²) in [6.45, 7) is 0. The van der Waals surface area contributed by atoms with Crippen LogP contribution in [0, 0.1) is 60.8 Å². The van der Waals surface area contributed by atoms with Gasteiger partial charge in [0.05, 0.1) is 29.1 Å². The van der Waals surface area contributed by atoms with Crippen molar-refractivity contribution in [1.29, 1.82) is 0 Å². The molecule has 0 bridgehead atoms. The van der Waals surface area contributed by atoms with Crippen LogP contribution in [0.4, 0.5) is 22.0 Å². The van der Waals surface area contributed by atoms with E-state index >= 15 is 0 Å². The fourth-order valence-electron chi connectivity index (χ4n) is 1.35. The molecule has 0 atom stereocenters. The van der Waals surface area contributed by atoms with Crippen LogP contribution in [0.5, 0.6) is 0 Å².